The van der Waals surface area contributed by atoms with Crippen molar-refractivity contribution in [2.24, 2.45) is 0 Å². The number of thiophene rings is 1. The molecule has 0 aliphatic carbocycles. The van der Waals surface area contributed by atoms with Crippen LogP contribution in [0.25, 0.3) is 0 Å². The SMILES string of the molecule is CCCCN1CCCCC1CNC(=O)NCC(O)c1ccsc1. The summed E-state index contributed by atoms with van der Waals surface area (Å²) in [5.41, 5.74) is 0.855. The van der Waals surface area contributed by atoms with E-state index in [0.717, 1.165) is 25.1 Å². The summed E-state index contributed by atoms with van der Waals surface area (Å²) in [6.45, 7) is 5.41. The number of hydrogen-bond donors (Lipinski definition) is 3. The summed E-state index contributed by atoms with van der Waals surface area (Å²) < 4.78 is 0. The van der Waals surface area contributed by atoms with E-state index in [1.165, 1.54) is 25.7 Å². The molecular formula is C17H29N3O2S. The first-order valence-electron chi connectivity index (χ1n) is 8.66. The normalized spacial score (nSPS) is 20.2. The topological polar surface area (TPSA) is 64.6 Å². The van der Waals surface area contributed by atoms with Gasteiger partial charge in [-0.2, -0.15) is 11.3 Å². The van der Waals surface area contributed by atoms with E-state index in [1.54, 1.807) is 11.3 Å². The number of likely N-dealkylation sites (tertiary alicyclic amines) is 1. The van der Waals surface area contributed by atoms with Crippen LogP contribution < -0.4 is 10.6 Å². The van der Waals surface area contributed by atoms with Crippen LogP contribution in [0.1, 0.15) is 50.7 Å². The third-order valence-electron chi connectivity index (χ3n) is 4.43. The first-order chi connectivity index (χ1) is 11.2. The summed E-state index contributed by atoms with van der Waals surface area (Å²) in [6, 6.07) is 2.13. The molecule has 2 rings (SSSR count). The molecule has 130 valence electrons. The zero-order valence-corrected chi connectivity index (χ0v) is 14.8. The van der Waals surface area contributed by atoms with Gasteiger partial charge in [-0.25, -0.2) is 4.79 Å². The predicted octanol–water partition coefficient (Wildman–Crippen LogP) is 2.74. The van der Waals surface area contributed by atoms with Gasteiger partial charge in [0, 0.05) is 19.1 Å². The average molecular weight is 340 g/mol. The Labute approximate surface area is 143 Å². The lowest BCUT2D eigenvalue weighted by molar-refractivity contribution is 0.142. The molecular weight excluding hydrogens is 310 g/mol. The number of unbranched alkanes of at least 4 members (excludes halogenated alkanes) is 1. The number of hydrogen-bond acceptors (Lipinski definition) is 4. The van der Waals surface area contributed by atoms with Crippen molar-refractivity contribution in [3.05, 3.63) is 22.4 Å². The van der Waals surface area contributed by atoms with E-state index in [9.17, 15) is 9.90 Å². The Hall–Kier alpha value is -1.11. The molecule has 2 heterocycles. The summed E-state index contributed by atoms with van der Waals surface area (Å²) in [5, 5.41) is 19.5. The lowest BCUT2D eigenvalue weighted by Gasteiger charge is -2.35. The van der Waals surface area contributed by atoms with Crippen LogP contribution in [0, 0.1) is 0 Å². The fourth-order valence-corrected chi connectivity index (χ4v) is 3.70. The Morgan fingerprint density at radius 3 is 3.09 bits per heavy atom. The number of piperidine rings is 1. The third-order valence-corrected chi connectivity index (χ3v) is 5.13. The molecule has 1 saturated heterocycles. The van der Waals surface area contributed by atoms with Gasteiger partial charge in [0.15, 0.2) is 0 Å². The maximum atomic E-state index is 11.9. The number of nitrogens with zero attached hydrogens (tertiary/aromatic N) is 1. The van der Waals surface area contributed by atoms with Crippen LogP contribution in [0.15, 0.2) is 16.8 Å². The third kappa shape index (κ3) is 6.12. The van der Waals surface area contributed by atoms with Gasteiger partial charge in [0.2, 0.25) is 0 Å². The van der Waals surface area contributed by atoms with Gasteiger partial charge in [-0.15, -0.1) is 0 Å². The summed E-state index contributed by atoms with van der Waals surface area (Å²) in [6.07, 6.45) is 5.45. The van der Waals surface area contributed by atoms with E-state index in [2.05, 4.69) is 22.5 Å². The molecule has 1 aliphatic rings. The Balaban J connectivity index is 1.68. The van der Waals surface area contributed by atoms with Crippen molar-refractivity contribution in [1.82, 2.24) is 15.5 Å². The molecule has 0 aromatic carbocycles. The molecule has 0 saturated carbocycles. The molecule has 3 N–H and O–H groups in total. The first-order valence-corrected chi connectivity index (χ1v) is 9.61. The van der Waals surface area contributed by atoms with E-state index < -0.39 is 6.10 Å². The molecule has 1 aromatic rings. The van der Waals surface area contributed by atoms with E-state index in [4.69, 9.17) is 0 Å². The fourth-order valence-electron chi connectivity index (χ4n) is 2.99. The minimum atomic E-state index is -0.636. The molecule has 23 heavy (non-hydrogen) atoms. The van der Waals surface area contributed by atoms with Crippen molar-refractivity contribution in [3.63, 3.8) is 0 Å². The number of urea groups is 1. The monoisotopic (exact) mass is 339 g/mol. The van der Waals surface area contributed by atoms with E-state index in [1.807, 2.05) is 16.8 Å². The maximum Gasteiger partial charge on any atom is 0.314 e. The minimum absolute atomic E-state index is 0.194. The highest BCUT2D eigenvalue weighted by Crippen LogP contribution is 2.17. The molecule has 1 aromatic heterocycles. The number of carbonyl (C=O) groups excluding carboxylic acids is 1. The molecule has 0 radical (unpaired) electrons. The predicted molar refractivity (Wildman–Crippen MR) is 94.8 cm³/mol. The average Bonchev–Trinajstić information content (AvgIpc) is 3.11. The molecule has 0 bridgehead atoms. The minimum Gasteiger partial charge on any atom is -0.387 e. The lowest BCUT2D eigenvalue weighted by Crippen LogP contribution is -2.49. The van der Waals surface area contributed by atoms with Gasteiger partial charge in [-0.3, -0.25) is 4.90 Å². The standard InChI is InChI=1S/C17H29N3O2S/c1-2-3-8-20-9-5-4-6-15(20)11-18-17(22)19-12-16(21)14-7-10-23-13-14/h7,10,13,15-16,21H,2-6,8-9,11-12H2,1H3,(H2,18,19,22). The second kappa shape index (κ2) is 9.90. The molecule has 2 atom stereocenters. The second-order valence-corrected chi connectivity index (χ2v) is 6.98. The van der Waals surface area contributed by atoms with E-state index >= 15 is 0 Å². The van der Waals surface area contributed by atoms with Gasteiger partial charge in [0.1, 0.15) is 0 Å². The highest BCUT2D eigenvalue weighted by Gasteiger charge is 2.22. The number of nitrogens with one attached hydrogen (secondary N) is 2. The molecule has 0 spiro atoms. The molecule has 2 unspecified atom stereocenters. The van der Waals surface area contributed by atoms with Crippen LogP contribution in [0.5, 0.6) is 0 Å². The Morgan fingerprint density at radius 2 is 2.35 bits per heavy atom. The quantitative estimate of drug-likeness (QED) is 0.682. The smallest absolute Gasteiger partial charge is 0.314 e. The number of rotatable bonds is 8. The van der Waals surface area contributed by atoms with Crippen LogP contribution in [0.3, 0.4) is 0 Å². The van der Waals surface area contributed by atoms with Crippen molar-refractivity contribution >= 4 is 17.4 Å². The van der Waals surface area contributed by atoms with Crippen molar-refractivity contribution < 1.29 is 9.90 Å². The van der Waals surface area contributed by atoms with Crippen molar-refractivity contribution in [1.29, 1.82) is 0 Å². The maximum absolute atomic E-state index is 11.9. The molecule has 2 amide bonds. The Morgan fingerprint density at radius 1 is 1.48 bits per heavy atom. The van der Waals surface area contributed by atoms with E-state index in [-0.39, 0.29) is 12.6 Å². The number of aliphatic hydroxyl groups is 1. The van der Waals surface area contributed by atoms with Gasteiger partial charge in [-0.05, 0) is 54.7 Å². The molecule has 1 fully saturated rings. The summed E-state index contributed by atoms with van der Waals surface area (Å²) in [5.74, 6) is 0. The Bertz CT molecular complexity index is 453. The van der Waals surface area contributed by atoms with Crippen LogP contribution in [-0.2, 0) is 0 Å². The second-order valence-electron chi connectivity index (χ2n) is 6.20. The summed E-state index contributed by atoms with van der Waals surface area (Å²) in [4.78, 5) is 14.4. The molecule has 1 aliphatic heterocycles. The fraction of sp³-hybridized carbons (Fsp3) is 0.706. The first kappa shape index (κ1) is 18.2. The van der Waals surface area contributed by atoms with Gasteiger partial charge < -0.3 is 15.7 Å². The Kier molecular flexibility index (Phi) is 7.85. The van der Waals surface area contributed by atoms with Crippen LogP contribution >= 0.6 is 11.3 Å². The van der Waals surface area contributed by atoms with Crippen LogP contribution in [0.2, 0.25) is 0 Å². The molecule has 6 heteroatoms. The number of amides is 2. The zero-order chi connectivity index (χ0) is 16.5. The van der Waals surface area contributed by atoms with Gasteiger partial charge >= 0.3 is 6.03 Å². The van der Waals surface area contributed by atoms with Crippen molar-refractivity contribution in [3.8, 4) is 0 Å². The molecule has 5 nitrogen and oxygen atoms in total. The number of aliphatic hydroxyl groups excluding tert-OH is 1. The number of carbonyl (C=O) groups is 1. The van der Waals surface area contributed by atoms with Crippen LogP contribution in [-0.4, -0.2) is 48.3 Å². The van der Waals surface area contributed by atoms with Gasteiger partial charge in [0.05, 0.1) is 6.10 Å². The summed E-state index contributed by atoms with van der Waals surface area (Å²) >= 11 is 1.54. The van der Waals surface area contributed by atoms with Crippen LogP contribution in [0.4, 0.5) is 4.79 Å². The summed E-state index contributed by atoms with van der Waals surface area (Å²) in [7, 11) is 0. The van der Waals surface area contributed by atoms with Crippen molar-refractivity contribution in [2.45, 2.75) is 51.2 Å². The highest BCUT2D eigenvalue weighted by atomic mass is 32.1. The van der Waals surface area contributed by atoms with Gasteiger partial charge in [0.25, 0.3) is 0 Å². The van der Waals surface area contributed by atoms with E-state index in [0.29, 0.717) is 12.6 Å². The van der Waals surface area contributed by atoms with Gasteiger partial charge in [-0.1, -0.05) is 19.8 Å². The van der Waals surface area contributed by atoms with Crippen molar-refractivity contribution in [2.75, 3.05) is 26.2 Å². The zero-order valence-electron chi connectivity index (χ0n) is 14.0. The highest BCUT2D eigenvalue weighted by molar-refractivity contribution is 7.07. The lowest BCUT2D eigenvalue weighted by atomic mass is 10.0. The largest absolute Gasteiger partial charge is 0.387 e.